The highest BCUT2D eigenvalue weighted by Crippen LogP contribution is 2.39. The van der Waals surface area contributed by atoms with Crippen molar-refractivity contribution < 1.29 is 39.1 Å². The number of carbonyl (C=O) groups excluding carboxylic acids is 2. The molecule has 0 aromatic heterocycles. The minimum absolute atomic E-state index is 0.0292. The van der Waals surface area contributed by atoms with Gasteiger partial charge in [0.2, 0.25) is 5.91 Å². The number of terminal acetylenes is 1. The van der Waals surface area contributed by atoms with Gasteiger partial charge in [-0.1, -0.05) is 31.9 Å². The van der Waals surface area contributed by atoms with Gasteiger partial charge < -0.3 is 34.8 Å². The molecule has 0 aromatic rings. The van der Waals surface area contributed by atoms with Gasteiger partial charge in [-0.15, -0.1) is 18.2 Å². The highest BCUT2D eigenvalue weighted by Gasteiger charge is 2.53. The number of amides is 2. The molecule has 42 heavy (non-hydrogen) atoms. The summed E-state index contributed by atoms with van der Waals surface area (Å²) in [6.07, 6.45) is 6.65. The summed E-state index contributed by atoms with van der Waals surface area (Å²) in [6, 6.07) is -1.69. The monoisotopic (exact) mass is 608 g/mol. The van der Waals surface area contributed by atoms with Crippen LogP contribution < -0.4 is 5.32 Å². The third-order valence-electron chi connectivity index (χ3n) is 8.44. The van der Waals surface area contributed by atoms with Crippen molar-refractivity contribution in [3.05, 3.63) is 12.2 Å². The largest absolute Gasteiger partial charge is 0.444 e. The first-order valence-corrected chi connectivity index (χ1v) is 16.1. The van der Waals surface area contributed by atoms with Crippen LogP contribution in [0.2, 0.25) is 0 Å². The molecule has 3 saturated heterocycles. The highest BCUT2D eigenvalue weighted by molar-refractivity contribution is 8.00. The Bertz CT molecular complexity index is 1030. The number of aliphatic hydroxyl groups is 3. The van der Waals surface area contributed by atoms with E-state index in [-0.39, 0.29) is 17.6 Å². The van der Waals surface area contributed by atoms with Crippen molar-refractivity contribution in [3.8, 4) is 12.3 Å². The van der Waals surface area contributed by atoms with E-state index in [2.05, 4.69) is 25.1 Å². The SMILES string of the molecule is C#C[C@@H]1C/C=C\C[C@@H](NC(=O)[C@@H]2[C@@H]3OCC[C@@H](CC(C)C)C[C@H]3CN2C(=O)OC(C)(C)C)[C@H]2OC(S1)[C@H](O)C(O)[C@@H]2O. The number of aliphatic hydroxyl groups excluding tert-OH is 3. The van der Waals surface area contributed by atoms with Gasteiger partial charge in [0.25, 0.3) is 0 Å². The van der Waals surface area contributed by atoms with Gasteiger partial charge in [0.05, 0.1) is 17.4 Å². The number of nitrogens with zero attached hydrogens (tertiary/aromatic N) is 1. The van der Waals surface area contributed by atoms with E-state index in [0.717, 1.165) is 19.3 Å². The first-order valence-electron chi connectivity index (χ1n) is 15.2. The van der Waals surface area contributed by atoms with E-state index in [9.17, 15) is 24.9 Å². The maximum atomic E-state index is 14.1. The van der Waals surface area contributed by atoms with Gasteiger partial charge in [-0.05, 0) is 64.7 Å². The topological polar surface area (TPSA) is 138 Å². The van der Waals surface area contributed by atoms with Crippen LogP contribution in [-0.4, -0.2) is 104 Å². The van der Waals surface area contributed by atoms with Crippen molar-refractivity contribution in [2.75, 3.05) is 13.2 Å². The Morgan fingerprint density at radius 1 is 1.14 bits per heavy atom. The van der Waals surface area contributed by atoms with Gasteiger partial charge in [-0.3, -0.25) is 9.69 Å². The highest BCUT2D eigenvalue weighted by atomic mass is 32.2. The van der Waals surface area contributed by atoms with Crippen LogP contribution in [-0.2, 0) is 19.0 Å². The fourth-order valence-electron chi connectivity index (χ4n) is 6.59. The number of thioether (sulfide) groups is 1. The molecule has 4 aliphatic heterocycles. The second-order valence-corrected chi connectivity index (χ2v) is 14.8. The first-order chi connectivity index (χ1) is 19.8. The Balaban J connectivity index is 1.60. The first kappa shape index (κ1) is 33.1. The lowest BCUT2D eigenvalue weighted by atomic mass is 9.85. The Morgan fingerprint density at radius 3 is 2.52 bits per heavy atom. The molecule has 4 heterocycles. The van der Waals surface area contributed by atoms with E-state index in [1.807, 2.05) is 12.2 Å². The number of ether oxygens (including phenoxy) is 3. The van der Waals surface area contributed by atoms with E-state index in [0.29, 0.717) is 31.4 Å². The minimum atomic E-state index is -1.49. The number of fused-ring (bicyclic) bond motifs is 3. The summed E-state index contributed by atoms with van der Waals surface area (Å²) in [5, 5.41) is 35.0. The summed E-state index contributed by atoms with van der Waals surface area (Å²) >= 11 is 1.20. The molecule has 0 radical (unpaired) electrons. The number of carbonyl (C=O) groups is 2. The van der Waals surface area contributed by atoms with Crippen LogP contribution in [0.25, 0.3) is 0 Å². The molecule has 0 aliphatic carbocycles. The molecule has 3 fully saturated rings. The van der Waals surface area contributed by atoms with E-state index >= 15 is 0 Å². The zero-order valence-corrected chi connectivity index (χ0v) is 26.2. The number of hydrogen-bond donors (Lipinski definition) is 4. The van der Waals surface area contributed by atoms with Crippen LogP contribution in [0.1, 0.15) is 66.7 Å². The van der Waals surface area contributed by atoms with Gasteiger partial charge in [0.1, 0.15) is 41.5 Å². The van der Waals surface area contributed by atoms with Gasteiger partial charge in [0.15, 0.2) is 0 Å². The van der Waals surface area contributed by atoms with Gasteiger partial charge >= 0.3 is 6.09 Å². The van der Waals surface area contributed by atoms with Crippen molar-refractivity contribution in [1.29, 1.82) is 0 Å². The molecule has 4 aliphatic rings. The van der Waals surface area contributed by atoms with E-state index < -0.39 is 65.6 Å². The Kier molecular flexibility index (Phi) is 10.9. The van der Waals surface area contributed by atoms with Crippen molar-refractivity contribution in [2.24, 2.45) is 17.8 Å². The Hall–Kier alpha value is -1.81. The molecule has 0 saturated carbocycles. The standard InChI is InChI=1S/C31H48N2O8S/c1-7-20-10-8-9-11-21(27-24(35)23(34)25(36)29(40-27)42-20)32-28(37)22-26-19(15-18(12-13-39-26)14-17(2)3)16-33(22)30(38)41-31(4,5)6/h1,8-9,17-27,29,34-36H,10-16H2,2-6H3,(H,32,37)/b9-8-/t18-,19-,20+,21+,22-,23?,24-,25+,26+,27+,29?/m0/s1. The van der Waals surface area contributed by atoms with Crippen molar-refractivity contribution in [2.45, 2.75) is 126 Å². The molecule has 0 spiro atoms. The van der Waals surface area contributed by atoms with Gasteiger partial charge in [-0.25, -0.2) is 4.79 Å². The summed E-state index contributed by atoms with van der Waals surface area (Å²) in [6.45, 7) is 10.6. The van der Waals surface area contributed by atoms with E-state index in [1.165, 1.54) is 16.7 Å². The lowest BCUT2D eigenvalue weighted by Gasteiger charge is -2.44. The van der Waals surface area contributed by atoms with Crippen molar-refractivity contribution >= 4 is 23.8 Å². The maximum Gasteiger partial charge on any atom is 0.411 e. The number of rotatable bonds is 4. The average Bonchev–Trinajstić information content (AvgIpc) is 3.15. The molecule has 11 heteroatoms. The molecular formula is C31H48N2O8S. The molecule has 11 atom stereocenters. The Morgan fingerprint density at radius 2 is 1.86 bits per heavy atom. The third kappa shape index (κ3) is 7.82. The van der Waals surface area contributed by atoms with Crippen LogP contribution in [0.4, 0.5) is 4.79 Å². The molecule has 4 rings (SSSR count). The summed E-state index contributed by atoms with van der Waals surface area (Å²) in [5.41, 5.74) is -1.64. The Labute approximate surface area is 253 Å². The smallest absolute Gasteiger partial charge is 0.411 e. The number of hydrogen-bond acceptors (Lipinski definition) is 9. The fourth-order valence-corrected chi connectivity index (χ4v) is 7.73. The summed E-state index contributed by atoms with van der Waals surface area (Å²) in [5.74, 6) is 3.17. The summed E-state index contributed by atoms with van der Waals surface area (Å²) in [7, 11) is 0. The second kappa shape index (κ2) is 13.9. The summed E-state index contributed by atoms with van der Waals surface area (Å²) < 4.78 is 18.1. The number of nitrogens with one attached hydrogen (secondary N) is 1. The molecule has 0 aromatic carbocycles. The predicted octanol–water partition coefficient (Wildman–Crippen LogP) is 2.44. The third-order valence-corrected chi connectivity index (χ3v) is 9.75. The van der Waals surface area contributed by atoms with Gasteiger partial charge in [0, 0.05) is 19.1 Å². The minimum Gasteiger partial charge on any atom is -0.444 e. The average molecular weight is 609 g/mol. The van der Waals surface area contributed by atoms with Crippen molar-refractivity contribution in [3.63, 3.8) is 0 Å². The van der Waals surface area contributed by atoms with Crippen LogP contribution in [0, 0.1) is 30.1 Å². The van der Waals surface area contributed by atoms with E-state index in [4.69, 9.17) is 20.6 Å². The van der Waals surface area contributed by atoms with E-state index in [1.54, 1.807) is 20.8 Å². The molecule has 2 unspecified atom stereocenters. The maximum absolute atomic E-state index is 14.1. The van der Waals surface area contributed by atoms with Crippen LogP contribution in [0.3, 0.4) is 0 Å². The lowest BCUT2D eigenvalue weighted by molar-refractivity contribution is -0.205. The van der Waals surface area contributed by atoms with Crippen LogP contribution >= 0.6 is 11.8 Å². The molecule has 10 nitrogen and oxygen atoms in total. The molecule has 4 N–H and O–H groups in total. The van der Waals surface area contributed by atoms with Crippen LogP contribution in [0.5, 0.6) is 0 Å². The zero-order valence-electron chi connectivity index (χ0n) is 25.3. The fraction of sp³-hybridized carbons (Fsp3) is 0.806. The second-order valence-electron chi connectivity index (χ2n) is 13.5. The normalized spacial score (nSPS) is 39.9. The molecule has 2 amide bonds. The quantitative estimate of drug-likeness (QED) is 0.280. The zero-order chi connectivity index (χ0) is 30.8. The van der Waals surface area contributed by atoms with Gasteiger partial charge in [-0.2, -0.15) is 0 Å². The molecular weight excluding hydrogens is 560 g/mol. The molecule has 236 valence electrons. The van der Waals surface area contributed by atoms with Crippen molar-refractivity contribution in [1.82, 2.24) is 10.2 Å². The lowest BCUT2D eigenvalue weighted by Crippen LogP contribution is -2.64. The van der Waals surface area contributed by atoms with Crippen LogP contribution in [0.15, 0.2) is 12.2 Å². The number of likely N-dealkylation sites (tertiary alicyclic amines) is 1. The number of allylic oxidation sites excluding steroid dienone is 1. The molecule has 2 bridgehead atoms. The summed E-state index contributed by atoms with van der Waals surface area (Å²) in [4.78, 5) is 29.0. The predicted molar refractivity (Wildman–Crippen MR) is 159 cm³/mol.